The SMILES string of the molecule is CCCC(SC#N)C(=O)OCc1cc2c(cc1C(C)C)OCO2. The second-order valence-electron chi connectivity index (χ2n) is 5.65. The number of thioether (sulfide) groups is 1. The predicted molar refractivity (Wildman–Crippen MR) is 88.4 cm³/mol. The molecular weight excluding hydrogens is 314 g/mol. The zero-order valence-electron chi connectivity index (χ0n) is 13.6. The van der Waals surface area contributed by atoms with Crippen molar-refractivity contribution < 1.29 is 19.0 Å². The third-order valence-electron chi connectivity index (χ3n) is 3.64. The lowest BCUT2D eigenvalue weighted by molar-refractivity contribution is -0.144. The van der Waals surface area contributed by atoms with Gasteiger partial charge in [0.1, 0.15) is 17.3 Å². The number of ether oxygens (including phenoxy) is 3. The fourth-order valence-corrected chi connectivity index (χ4v) is 3.10. The van der Waals surface area contributed by atoms with Gasteiger partial charge in [0.2, 0.25) is 6.79 Å². The molecule has 1 aliphatic heterocycles. The summed E-state index contributed by atoms with van der Waals surface area (Å²) in [7, 11) is 0. The Kier molecular flexibility index (Phi) is 6.17. The molecule has 5 nitrogen and oxygen atoms in total. The minimum absolute atomic E-state index is 0.176. The summed E-state index contributed by atoms with van der Waals surface area (Å²) >= 11 is 0.961. The first-order valence-electron chi connectivity index (χ1n) is 7.70. The van der Waals surface area contributed by atoms with E-state index in [1.807, 2.05) is 24.5 Å². The number of hydrogen-bond acceptors (Lipinski definition) is 6. The van der Waals surface area contributed by atoms with E-state index in [1.54, 1.807) is 0 Å². The molecule has 2 rings (SSSR count). The van der Waals surface area contributed by atoms with Crippen molar-refractivity contribution in [3.63, 3.8) is 0 Å². The molecule has 0 saturated heterocycles. The zero-order valence-corrected chi connectivity index (χ0v) is 14.4. The summed E-state index contributed by atoms with van der Waals surface area (Å²) in [5, 5.41) is 10.3. The number of nitrogens with zero attached hydrogens (tertiary/aromatic N) is 1. The highest BCUT2D eigenvalue weighted by Crippen LogP contribution is 2.37. The third kappa shape index (κ3) is 4.32. The van der Waals surface area contributed by atoms with Crippen LogP contribution in [-0.4, -0.2) is 18.0 Å². The minimum atomic E-state index is -0.429. The van der Waals surface area contributed by atoms with Crippen LogP contribution in [0.4, 0.5) is 0 Å². The van der Waals surface area contributed by atoms with Crippen molar-refractivity contribution in [2.24, 2.45) is 0 Å². The molecule has 0 bridgehead atoms. The second-order valence-corrected chi connectivity index (χ2v) is 6.64. The lowest BCUT2D eigenvalue weighted by Gasteiger charge is -2.16. The van der Waals surface area contributed by atoms with E-state index in [9.17, 15) is 4.79 Å². The number of rotatable bonds is 7. The van der Waals surface area contributed by atoms with Crippen molar-refractivity contribution >= 4 is 17.7 Å². The van der Waals surface area contributed by atoms with Crippen molar-refractivity contribution in [3.8, 4) is 16.9 Å². The quantitative estimate of drug-likeness (QED) is 0.555. The molecule has 0 aliphatic carbocycles. The molecule has 1 heterocycles. The number of benzene rings is 1. The molecule has 1 unspecified atom stereocenters. The maximum atomic E-state index is 12.2. The largest absolute Gasteiger partial charge is 0.460 e. The highest BCUT2D eigenvalue weighted by molar-refractivity contribution is 8.04. The molecule has 6 heteroatoms. The fraction of sp³-hybridized carbons (Fsp3) is 0.529. The van der Waals surface area contributed by atoms with E-state index in [0.29, 0.717) is 12.2 Å². The Morgan fingerprint density at radius 3 is 2.70 bits per heavy atom. The van der Waals surface area contributed by atoms with Crippen LogP contribution in [0.25, 0.3) is 0 Å². The topological polar surface area (TPSA) is 68.6 Å². The summed E-state index contributed by atoms with van der Waals surface area (Å²) in [5.74, 6) is 1.34. The number of carbonyl (C=O) groups excluding carboxylic acids is 1. The van der Waals surface area contributed by atoms with Crippen LogP contribution >= 0.6 is 11.8 Å². The van der Waals surface area contributed by atoms with Gasteiger partial charge in [-0.15, -0.1) is 0 Å². The molecule has 0 amide bonds. The molecule has 1 atom stereocenters. The van der Waals surface area contributed by atoms with Gasteiger partial charge in [0, 0.05) is 0 Å². The molecule has 0 aromatic heterocycles. The average Bonchev–Trinajstić information content (AvgIpc) is 2.98. The van der Waals surface area contributed by atoms with Gasteiger partial charge in [-0.3, -0.25) is 4.79 Å². The van der Waals surface area contributed by atoms with Gasteiger partial charge in [0.15, 0.2) is 11.5 Å². The Labute approximate surface area is 140 Å². The van der Waals surface area contributed by atoms with E-state index in [1.165, 1.54) is 0 Å². The lowest BCUT2D eigenvalue weighted by Crippen LogP contribution is -2.20. The van der Waals surface area contributed by atoms with Gasteiger partial charge in [-0.2, -0.15) is 5.26 Å². The first-order valence-corrected chi connectivity index (χ1v) is 8.58. The summed E-state index contributed by atoms with van der Waals surface area (Å²) in [6, 6.07) is 3.82. The standard InChI is InChI=1S/C17H21NO4S/c1-4-5-16(23-9-18)17(19)20-8-12-6-14-15(22-10-21-14)7-13(12)11(2)3/h6-7,11,16H,4-5,8,10H2,1-3H3. The Morgan fingerprint density at radius 2 is 2.09 bits per heavy atom. The number of hydrogen-bond donors (Lipinski definition) is 0. The monoisotopic (exact) mass is 335 g/mol. The van der Waals surface area contributed by atoms with E-state index < -0.39 is 5.25 Å². The first-order chi connectivity index (χ1) is 11.1. The van der Waals surface area contributed by atoms with Crippen molar-refractivity contribution in [1.29, 1.82) is 5.26 Å². The molecule has 0 radical (unpaired) electrons. The second kappa shape index (κ2) is 8.11. The van der Waals surface area contributed by atoms with E-state index >= 15 is 0 Å². The van der Waals surface area contributed by atoms with E-state index in [2.05, 4.69) is 13.8 Å². The van der Waals surface area contributed by atoms with Crippen LogP contribution in [0, 0.1) is 10.7 Å². The Hall–Kier alpha value is -1.87. The van der Waals surface area contributed by atoms with E-state index in [-0.39, 0.29) is 25.3 Å². The van der Waals surface area contributed by atoms with Gasteiger partial charge in [0.05, 0.1) is 0 Å². The summed E-state index contributed by atoms with van der Waals surface area (Å²) in [5.41, 5.74) is 1.98. The number of esters is 1. The minimum Gasteiger partial charge on any atom is -0.460 e. The molecule has 1 aliphatic rings. The van der Waals surface area contributed by atoms with Crippen LogP contribution in [0.5, 0.6) is 11.5 Å². The first kappa shape index (κ1) is 17.5. The summed E-state index contributed by atoms with van der Waals surface area (Å²) in [4.78, 5) is 12.2. The molecule has 0 spiro atoms. The molecule has 124 valence electrons. The molecule has 0 saturated carbocycles. The van der Waals surface area contributed by atoms with Gasteiger partial charge in [0.25, 0.3) is 0 Å². The Bertz CT molecular complexity index is 609. The molecule has 0 N–H and O–H groups in total. The molecule has 1 aromatic carbocycles. The van der Waals surface area contributed by atoms with Gasteiger partial charge in [-0.05, 0) is 47.4 Å². The molecule has 0 fully saturated rings. The van der Waals surface area contributed by atoms with Gasteiger partial charge in [-0.1, -0.05) is 27.2 Å². The van der Waals surface area contributed by atoms with Crippen LogP contribution in [-0.2, 0) is 16.1 Å². The summed E-state index contributed by atoms with van der Waals surface area (Å²) in [6.07, 6.45) is 1.46. The average molecular weight is 335 g/mol. The molecular formula is C17H21NO4S. The van der Waals surface area contributed by atoms with Crippen LogP contribution in [0.15, 0.2) is 12.1 Å². The number of carbonyl (C=O) groups is 1. The zero-order chi connectivity index (χ0) is 16.8. The molecule has 23 heavy (non-hydrogen) atoms. The summed E-state index contributed by atoms with van der Waals surface area (Å²) in [6.45, 7) is 6.53. The van der Waals surface area contributed by atoms with Crippen LogP contribution < -0.4 is 9.47 Å². The lowest BCUT2D eigenvalue weighted by atomic mass is 9.97. The number of nitriles is 1. The number of thiocyanates is 1. The van der Waals surface area contributed by atoms with Crippen molar-refractivity contribution in [2.45, 2.75) is 51.4 Å². The van der Waals surface area contributed by atoms with Crippen molar-refractivity contribution in [3.05, 3.63) is 23.3 Å². The van der Waals surface area contributed by atoms with Crippen molar-refractivity contribution in [1.82, 2.24) is 0 Å². The van der Waals surface area contributed by atoms with Gasteiger partial charge < -0.3 is 14.2 Å². The maximum absolute atomic E-state index is 12.2. The molecule has 1 aromatic rings. The predicted octanol–water partition coefficient (Wildman–Crippen LogP) is 3.96. The highest BCUT2D eigenvalue weighted by Gasteiger charge is 2.22. The Balaban J connectivity index is 2.10. The van der Waals surface area contributed by atoms with Crippen molar-refractivity contribution in [2.75, 3.05) is 6.79 Å². The van der Waals surface area contributed by atoms with E-state index in [4.69, 9.17) is 19.5 Å². The highest BCUT2D eigenvalue weighted by atomic mass is 32.2. The van der Waals surface area contributed by atoms with Gasteiger partial charge in [-0.25, -0.2) is 0 Å². The van der Waals surface area contributed by atoms with Crippen LogP contribution in [0.3, 0.4) is 0 Å². The normalized spacial score (nSPS) is 13.7. The van der Waals surface area contributed by atoms with Crippen LogP contribution in [0.2, 0.25) is 0 Å². The van der Waals surface area contributed by atoms with Gasteiger partial charge >= 0.3 is 5.97 Å². The summed E-state index contributed by atoms with van der Waals surface area (Å²) < 4.78 is 16.2. The van der Waals surface area contributed by atoms with Crippen LogP contribution in [0.1, 0.15) is 50.7 Å². The third-order valence-corrected chi connectivity index (χ3v) is 4.45. The number of fused-ring (bicyclic) bond motifs is 1. The maximum Gasteiger partial charge on any atom is 0.320 e. The smallest absolute Gasteiger partial charge is 0.320 e. The fourth-order valence-electron chi connectivity index (χ4n) is 2.45. The Morgan fingerprint density at radius 1 is 1.39 bits per heavy atom. The van der Waals surface area contributed by atoms with E-state index in [0.717, 1.165) is 35.1 Å².